The molecule has 16 heavy (non-hydrogen) atoms. The van der Waals surface area contributed by atoms with Gasteiger partial charge in [-0.15, -0.1) is 0 Å². The van der Waals surface area contributed by atoms with Crippen molar-refractivity contribution in [3.63, 3.8) is 0 Å². The summed E-state index contributed by atoms with van der Waals surface area (Å²) in [5.74, 6) is 0.764. The van der Waals surface area contributed by atoms with E-state index in [1.807, 2.05) is 18.5 Å². The third kappa shape index (κ3) is 3.58. The summed E-state index contributed by atoms with van der Waals surface area (Å²) >= 11 is 0. The summed E-state index contributed by atoms with van der Waals surface area (Å²) in [5, 5.41) is 3.50. The third-order valence-corrected chi connectivity index (χ3v) is 3.31. The molecule has 2 atom stereocenters. The van der Waals surface area contributed by atoms with Crippen LogP contribution in [0.4, 0.5) is 0 Å². The van der Waals surface area contributed by atoms with Crippen LogP contribution in [0, 0.1) is 5.92 Å². The molecule has 1 aliphatic rings. The van der Waals surface area contributed by atoms with Crippen molar-refractivity contribution in [2.45, 2.75) is 38.3 Å². The van der Waals surface area contributed by atoms with Gasteiger partial charge in [0, 0.05) is 25.0 Å². The average molecular weight is 219 g/mol. The highest BCUT2D eigenvalue weighted by molar-refractivity contribution is 5.07. The maximum absolute atomic E-state index is 5.97. The minimum absolute atomic E-state index is 0.430. The molecular formula is C13H21N3. The fourth-order valence-electron chi connectivity index (χ4n) is 2.44. The first-order valence-electron chi connectivity index (χ1n) is 6.20. The van der Waals surface area contributed by atoms with Crippen LogP contribution in [0.25, 0.3) is 0 Å². The number of aromatic nitrogens is 1. The number of nitrogens with zero attached hydrogens (tertiary/aromatic N) is 1. The number of rotatable bonds is 4. The van der Waals surface area contributed by atoms with Gasteiger partial charge >= 0.3 is 0 Å². The second-order valence-electron chi connectivity index (χ2n) is 4.78. The predicted octanol–water partition coefficient (Wildman–Crippen LogP) is 1.69. The van der Waals surface area contributed by atoms with Crippen LogP contribution < -0.4 is 11.1 Å². The predicted molar refractivity (Wildman–Crippen MR) is 65.9 cm³/mol. The smallest absolute Gasteiger partial charge is 0.0312 e. The lowest BCUT2D eigenvalue weighted by Gasteiger charge is -2.26. The Bertz CT molecular complexity index is 299. The number of pyridine rings is 1. The van der Waals surface area contributed by atoms with E-state index >= 15 is 0 Å². The van der Waals surface area contributed by atoms with Crippen LogP contribution >= 0.6 is 0 Å². The molecule has 0 bridgehead atoms. The lowest BCUT2D eigenvalue weighted by Crippen LogP contribution is -2.33. The van der Waals surface area contributed by atoms with Gasteiger partial charge in [-0.1, -0.05) is 12.5 Å². The van der Waals surface area contributed by atoms with Crippen molar-refractivity contribution in [2.75, 3.05) is 6.54 Å². The Morgan fingerprint density at radius 2 is 2.38 bits per heavy atom. The van der Waals surface area contributed by atoms with Crippen LogP contribution in [0.1, 0.15) is 31.2 Å². The Hall–Kier alpha value is -0.930. The summed E-state index contributed by atoms with van der Waals surface area (Å²) < 4.78 is 0. The summed E-state index contributed by atoms with van der Waals surface area (Å²) in [6.45, 7) is 2.00. The van der Waals surface area contributed by atoms with Crippen molar-refractivity contribution in [1.82, 2.24) is 10.3 Å². The first-order valence-corrected chi connectivity index (χ1v) is 6.20. The second-order valence-corrected chi connectivity index (χ2v) is 4.78. The van der Waals surface area contributed by atoms with E-state index in [0.29, 0.717) is 6.04 Å². The Labute approximate surface area is 97.5 Å². The molecular weight excluding hydrogens is 198 g/mol. The van der Waals surface area contributed by atoms with E-state index in [2.05, 4.69) is 16.4 Å². The van der Waals surface area contributed by atoms with E-state index in [1.54, 1.807) is 0 Å². The molecule has 1 aromatic rings. The van der Waals surface area contributed by atoms with Crippen LogP contribution in [0.3, 0.4) is 0 Å². The van der Waals surface area contributed by atoms with Crippen LogP contribution in [-0.2, 0) is 6.54 Å². The maximum Gasteiger partial charge on any atom is 0.0312 e. The van der Waals surface area contributed by atoms with Gasteiger partial charge in [-0.2, -0.15) is 0 Å². The van der Waals surface area contributed by atoms with Gasteiger partial charge < -0.3 is 11.1 Å². The highest BCUT2D eigenvalue weighted by atomic mass is 14.9. The molecule has 1 heterocycles. The lowest BCUT2D eigenvalue weighted by atomic mass is 9.86. The van der Waals surface area contributed by atoms with Gasteiger partial charge in [0.15, 0.2) is 0 Å². The molecule has 0 saturated heterocycles. The SMILES string of the molecule is NC1CCCC(CNCc2cccnc2)C1. The molecule has 3 nitrogen and oxygen atoms in total. The van der Waals surface area contributed by atoms with Gasteiger partial charge in [0.25, 0.3) is 0 Å². The van der Waals surface area contributed by atoms with Crippen molar-refractivity contribution in [2.24, 2.45) is 11.7 Å². The fourth-order valence-corrected chi connectivity index (χ4v) is 2.44. The van der Waals surface area contributed by atoms with Crippen LogP contribution in [0.5, 0.6) is 0 Å². The molecule has 0 amide bonds. The van der Waals surface area contributed by atoms with Crippen LogP contribution in [0.15, 0.2) is 24.5 Å². The molecule has 0 radical (unpaired) electrons. The minimum atomic E-state index is 0.430. The highest BCUT2D eigenvalue weighted by Gasteiger charge is 2.18. The Morgan fingerprint density at radius 1 is 1.44 bits per heavy atom. The highest BCUT2D eigenvalue weighted by Crippen LogP contribution is 2.22. The van der Waals surface area contributed by atoms with Crippen molar-refractivity contribution < 1.29 is 0 Å². The molecule has 2 rings (SSSR count). The normalized spacial score (nSPS) is 25.6. The number of nitrogens with one attached hydrogen (secondary N) is 1. The molecule has 1 fully saturated rings. The summed E-state index contributed by atoms with van der Waals surface area (Å²) in [6.07, 6.45) is 8.73. The zero-order chi connectivity index (χ0) is 11.2. The monoisotopic (exact) mass is 219 g/mol. The van der Waals surface area contributed by atoms with Gasteiger partial charge in [-0.3, -0.25) is 4.98 Å². The Kier molecular flexibility index (Phi) is 4.31. The molecule has 1 aromatic heterocycles. The second kappa shape index (κ2) is 5.97. The van der Waals surface area contributed by atoms with E-state index in [1.165, 1.54) is 31.2 Å². The van der Waals surface area contributed by atoms with Gasteiger partial charge in [0.1, 0.15) is 0 Å². The zero-order valence-electron chi connectivity index (χ0n) is 9.73. The summed E-state index contributed by atoms with van der Waals surface area (Å²) in [5.41, 5.74) is 7.22. The summed E-state index contributed by atoms with van der Waals surface area (Å²) in [7, 11) is 0. The van der Waals surface area contributed by atoms with E-state index in [9.17, 15) is 0 Å². The third-order valence-electron chi connectivity index (χ3n) is 3.31. The summed E-state index contributed by atoms with van der Waals surface area (Å²) in [4.78, 5) is 4.10. The Balaban J connectivity index is 1.68. The molecule has 1 aliphatic carbocycles. The Morgan fingerprint density at radius 3 is 3.12 bits per heavy atom. The van der Waals surface area contributed by atoms with E-state index < -0.39 is 0 Å². The zero-order valence-corrected chi connectivity index (χ0v) is 9.73. The minimum Gasteiger partial charge on any atom is -0.328 e. The van der Waals surface area contributed by atoms with E-state index in [0.717, 1.165) is 19.0 Å². The molecule has 0 aliphatic heterocycles. The molecule has 0 spiro atoms. The van der Waals surface area contributed by atoms with E-state index in [4.69, 9.17) is 5.73 Å². The largest absolute Gasteiger partial charge is 0.328 e. The quantitative estimate of drug-likeness (QED) is 0.810. The molecule has 2 unspecified atom stereocenters. The van der Waals surface area contributed by atoms with Crippen LogP contribution in [-0.4, -0.2) is 17.6 Å². The van der Waals surface area contributed by atoms with Crippen molar-refractivity contribution in [3.8, 4) is 0 Å². The van der Waals surface area contributed by atoms with Crippen molar-refractivity contribution in [3.05, 3.63) is 30.1 Å². The van der Waals surface area contributed by atoms with Gasteiger partial charge in [-0.05, 0) is 43.4 Å². The van der Waals surface area contributed by atoms with Gasteiger partial charge in [0.05, 0.1) is 0 Å². The maximum atomic E-state index is 5.97. The standard InChI is InChI=1S/C13H21N3/c14-13-5-1-3-11(7-13)8-16-10-12-4-2-6-15-9-12/h2,4,6,9,11,13,16H,1,3,5,7-8,10,14H2. The lowest BCUT2D eigenvalue weighted by molar-refractivity contribution is 0.310. The number of nitrogens with two attached hydrogens (primary N) is 1. The van der Waals surface area contributed by atoms with Crippen molar-refractivity contribution in [1.29, 1.82) is 0 Å². The van der Waals surface area contributed by atoms with Gasteiger partial charge in [-0.25, -0.2) is 0 Å². The fraction of sp³-hybridized carbons (Fsp3) is 0.615. The first kappa shape index (κ1) is 11.6. The van der Waals surface area contributed by atoms with Crippen LogP contribution in [0.2, 0.25) is 0 Å². The first-order chi connectivity index (χ1) is 7.84. The molecule has 1 saturated carbocycles. The molecule has 3 N–H and O–H groups in total. The van der Waals surface area contributed by atoms with E-state index in [-0.39, 0.29) is 0 Å². The topological polar surface area (TPSA) is 50.9 Å². The number of hydrogen-bond donors (Lipinski definition) is 2. The molecule has 88 valence electrons. The average Bonchev–Trinajstić information content (AvgIpc) is 2.30. The molecule has 0 aromatic carbocycles. The summed E-state index contributed by atoms with van der Waals surface area (Å²) in [6, 6.07) is 4.51. The molecule has 3 heteroatoms. The van der Waals surface area contributed by atoms with Crippen molar-refractivity contribution >= 4 is 0 Å². The van der Waals surface area contributed by atoms with Gasteiger partial charge in [0.2, 0.25) is 0 Å². The number of hydrogen-bond acceptors (Lipinski definition) is 3.